The molecule has 0 spiro atoms. The molecule has 0 radical (unpaired) electrons. The van der Waals surface area contributed by atoms with Gasteiger partial charge in [0, 0.05) is 24.9 Å². The monoisotopic (exact) mass is 247 g/mol. The Hall–Kier alpha value is -1.16. The lowest BCUT2D eigenvalue weighted by Gasteiger charge is -2.20. The standard InChI is InChI=1S/C14H21N3O/c1-2-6-15-14-11-9-18-7-5-12(11)16-13(17-14)8-10-3-4-10/h10H,2-9H2,1H3,(H,15,16,17). The van der Waals surface area contributed by atoms with E-state index < -0.39 is 0 Å². The van der Waals surface area contributed by atoms with Crippen LogP contribution in [0.25, 0.3) is 0 Å². The molecule has 1 fully saturated rings. The van der Waals surface area contributed by atoms with Gasteiger partial charge < -0.3 is 10.1 Å². The summed E-state index contributed by atoms with van der Waals surface area (Å²) in [5, 5.41) is 3.43. The van der Waals surface area contributed by atoms with Crippen LogP contribution in [0, 0.1) is 5.92 Å². The van der Waals surface area contributed by atoms with Crippen molar-refractivity contribution in [1.82, 2.24) is 9.97 Å². The molecule has 1 aliphatic heterocycles. The summed E-state index contributed by atoms with van der Waals surface area (Å²) in [4.78, 5) is 9.43. The Morgan fingerprint density at radius 3 is 3.00 bits per heavy atom. The minimum Gasteiger partial charge on any atom is -0.376 e. The molecule has 18 heavy (non-hydrogen) atoms. The predicted octanol–water partition coefficient (Wildman–Crippen LogP) is 2.32. The molecule has 3 rings (SSSR count). The van der Waals surface area contributed by atoms with Gasteiger partial charge in [-0.25, -0.2) is 9.97 Å². The Balaban J connectivity index is 1.86. The lowest BCUT2D eigenvalue weighted by Crippen LogP contribution is -2.18. The summed E-state index contributed by atoms with van der Waals surface area (Å²) in [6.45, 7) is 4.58. The predicted molar refractivity (Wildman–Crippen MR) is 70.6 cm³/mol. The lowest BCUT2D eigenvalue weighted by atomic mass is 10.1. The minimum atomic E-state index is 0.658. The van der Waals surface area contributed by atoms with E-state index in [1.165, 1.54) is 24.1 Å². The first-order valence-corrected chi connectivity index (χ1v) is 7.07. The Bertz CT molecular complexity index is 429. The van der Waals surface area contributed by atoms with Gasteiger partial charge in [0.1, 0.15) is 11.6 Å². The maximum atomic E-state index is 5.53. The topological polar surface area (TPSA) is 47.0 Å². The summed E-state index contributed by atoms with van der Waals surface area (Å²) >= 11 is 0. The Kier molecular flexibility index (Phi) is 3.46. The van der Waals surface area contributed by atoms with E-state index in [0.717, 1.165) is 50.0 Å². The molecule has 4 nitrogen and oxygen atoms in total. The molecule has 4 heteroatoms. The zero-order chi connectivity index (χ0) is 12.4. The zero-order valence-electron chi connectivity index (χ0n) is 11.0. The van der Waals surface area contributed by atoms with Crippen LogP contribution in [0.5, 0.6) is 0 Å². The van der Waals surface area contributed by atoms with Gasteiger partial charge in [-0.05, 0) is 25.2 Å². The molecule has 1 aliphatic carbocycles. The smallest absolute Gasteiger partial charge is 0.135 e. The molecule has 0 atom stereocenters. The number of nitrogens with one attached hydrogen (secondary N) is 1. The first-order chi connectivity index (χ1) is 8.86. The van der Waals surface area contributed by atoms with Crippen LogP contribution in [0.1, 0.15) is 43.3 Å². The van der Waals surface area contributed by atoms with Gasteiger partial charge in [0.05, 0.1) is 18.9 Å². The summed E-state index contributed by atoms with van der Waals surface area (Å²) < 4.78 is 5.53. The SMILES string of the molecule is CCCNc1nc(CC2CC2)nc2c1COCC2. The van der Waals surface area contributed by atoms with Crippen molar-refractivity contribution in [3.05, 3.63) is 17.1 Å². The van der Waals surface area contributed by atoms with Gasteiger partial charge in [0.2, 0.25) is 0 Å². The third kappa shape index (κ3) is 2.64. The van der Waals surface area contributed by atoms with Gasteiger partial charge in [0.15, 0.2) is 0 Å². The largest absolute Gasteiger partial charge is 0.376 e. The summed E-state index contributed by atoms with van der Waals surface area (Å²) in [7, 11) is 0. The quantitative estimate of drug-likeness (QED) is 0.867. The maximum absolute atomic E-state index is 5.53. The molecule has 0 saturated heterocycles. The summed E-state index contributed by atoms with van der Waals surface area (Å²) in [5.74, 6) is 2.87. The molecule has 2 aliphatic rings. The second kappa shape index (κ2) is 5.22. The first kappa shape index (κ1) is 11.9. The average Bonchev–Trinajstić information content (AvgIpc) is 3.20. The van der Waals surface area contributed by atoms with Gasteiger partial charge in [0.25, 0.3) is 0 Å². The fraction of sp³-hybridized carbons (Fsp3) is 0.714. The van der Waals surface area contributed by atoms with E-state index in [1.54, 1.807) is 0 Å². The first-order valence-electron chi connectivity index (χ1n) is 7.07. The van der Waals surface area contributed by atoms with Crippen molar-refractivity contribution in [2.75, 3.05) is 18.5 Å². The number of rotatable bonds is 5. The number of fused-ring (bicyclic) bond motifs is 1. The van der Waals surface area contributed by atoms with E-state index in [0.29, 0.717) is 6.61 Å². The van der Waals surface area contributed by atoms with Crippen molar-refractivity contribution in [2.24, 2.45) is 5.92 Å². The molecular weight excluding hydrogens is 226 g/mol. The van der Waals surface area contributed by atoms with Gasteiger partial charge in [-0.15, -0.1) is 0 Å². The molecule has 2 heterocycles. The van der Waals surface area contributed by atoms with E-state index in [1.807, 2.05) is 0 Å². The van der Waals surface area contributed by atoms with Gasteiger partial charge in [-0.3, -0.25) is 0 Å². The van der Waals surface area contributed by atoms with Gasteiger partial charge in [-0.1, -0.05) is 6.92 Å². The van der Waals surface area contributed by atoms with E-state index in [2.05, 4.69) is 12.2 Å². The molecule has 98 valence electrons. The van der Waals surface area contributed by atoms with Crippen LogP contribution in [-0.2, 0) is 24.2 Å². The van der Waals surface area contributed by atoms with Crippen LogP contribution in [0.2, 0.25) is 0 Å². The molecule has 0 bridgehead atoms. The highest BCUT2D eigenvalue weighted by atomic mass is 16.5. The van der Waals surface area contributed by atoms with Crippen molar-refractivity contribution in [2.45, 2.75) is 45.6 Å². The average molecular weight is 247 g/mol. The van der Waals surface area contributed by atoms with E-state index in [4.69, 9.17) is 14.7 Å². The number of ether oxygens (including phenoxy) is 1. The second-order valence-electron chi connectivity index (χ2n) is 5.29. The van der Waals surface area contributed by atoms with Crippen LogP contribution >= 0.6 is 0 Å². The van der Waals surface area contributed by atoms with E-state index >= 15 is 0 Å². The van der Waals surface area contributed by atoms with Gasteiger partial charge >= 0.3 is 0 Å². The van der Waals surface area contributed by atoms with Crippen molar-refractivity contribution < 1.29 is 4.74 Å². The van der Waals surface area contributed by atoms with Crippen molar-refractivity contribution in [1.29, 1.82) is 0 Å². The summed E-state index contributed by atoms with van der Waals surface area (Å²) in [6.07, 6.45) is 5.78. The van der Waals surface area contributed by atoms with Crippen LogP contribution in [-0.4, -0.2) is 23.1 Å². The highest BCUT2D eigenvalue weighted by Gasteiger charge is 2.25. The molecule has 1 aromatic rings. The number of aromatic nitrogens is 2. The Labute approximate surface area is 108 Å². The normalized spacial score (nSPS) is 18.5. The number of hydrogen-bond acceptors (Lipinski definition) is 4. The van der Waals surface area contributed by atoms with Crippen LogP contribution in [0.15, 0.2) is 0 Å². The Morgan fingerprint density at radius 1 is 1.33 bits per heavy atom. The molecule has 0 unspecified atom stereocenters. The molecule has 1 aromatic heterocycles. The van der Waals surface area contributed by atoms with Gasteiger partial charge in [-0.2, -0.15) is 0 Å². The second-order valence-corrected chi connectivity index (χ2v) is 5.29. The van der Waals surface area contributed by atoms with Crippen LogP contribution in [0.3, 0.4) is 0 Å². The van der Waals surface area contributed by atoms with Crippen molar-refractivity contribution in [3.8, 4) is 0 Å². The number of anilines is 1. The lowest BCUT2D eigenvalue weighted by molar-refractivity contribution is 0.109. The third-order valence-electron chi connectivity index (χ3n) is 3.58. The molecule has 1 saturated carbocycles. The minimum absolute atomic E-state index is 0.658. The molecular formula is C14H21N3O. The van der Waals surface area contributed by atoms with Crippen molar-refractivity contribution >= 4 is 5.82 Å². The maximum Gasteiger partial charge on any atom is 0.135 e. The Morgan fingerprint density at radius 2 is 2.22 bits per heavy atom. The molecule has 0 aromatic carbocycles. The highest BCUT2D eigenvalue weighted by Crippen LogP contribution is 2.32. The van der Waals surface area contributed by atoms with E-state index in [9.17, 15) is 0 Å². The summed E-state index contributed by atoms with van der Waals surface area (Å²) in [5.41, 5.74) is 2.37. The molecule has 1 N–H and O–H groups in total. The van der Waals surface area contributed by atoms with E-state index in [-0.39, 0.29) is 0 Å². The zero-order valence-corrected chi connectivity index (χ0v) is 11.0. The van der Waals surface area contributed by atoms with Crippen molar-refractivity contribution in [3.63, 3.8) is 0 Å². The molecule has 0 amide bonds. The number of hydrogen-bond donors (Lipinski definition) is 1. The highest BCUT2D eigenvalue weighted by molar-refractivity contribution is 5.47. The number of nitrogens with zero attached hydrogens (tertiary/aromatic N) is 2. The fourth-order valence-corrected chi connectivity index (χ4v) is 2.34. The third-order valence-corrected chi connectivity index (χ3v) is 3.58. The summed E-state index contributed by atoms with van der Waals surface area (Å²) in [6, 6.07) is 0. The van der Waals surface area contributed by atoms with Crippen LogP contribution < -0.4 is 5.32 Å². The van der Waals surface area contributed by atoms with Crippen LogP contribution in [0.4, 0.5) is 5.82 Å². The fourth-order valence-electron chi connectivity index (χ4n) is 2.34.